The van der Waals surface area contributed by atoms with E-state index in [1.807, 2.05) is 4.90 Å². The molecule has 2 unspecified atom stereocenters. The zero-order chi connectivity index (χ0) is 17.2. The van der Waals surface area contributed by atoms with E-state index in [0.29, 0.717) is 23.7 Å². The van der Waals surface area contributed by atoms with Crippen LogP contribution in [0.2, 0.25) is 0 Å². The van der Waals surface area contributed by atoms with E-state index in [1.54, 1.807) is 18.3 Å². The highest BCUT2D eigenvalue weighted by atomic mass is 79.9. The van der Waals surface area contributed by atoms with E-state index in [-0.39, 0.29) is 11.4 Å². The predicted octanol–water partition coefficient (Wildman–Crippen LogP) is 2.68. The lowest BCUT2D eigenvalue weighted by Crippen LogP contribution is -2.61. The summed E-state index contributed by atoms with van der Waals surface area (Å²) in [5.74, 6) is 0.957. The number of nitrogens with zero attached hydrogens (tertiary/aromatic N) is 3. The minimum atomic E-state index is -0.541. The van der Waals surface area contributed by atoms with Gasteiger partial charge in [0.1, 0.15) is 17.2 Å². The van der Waals surface area contributed by atoms with E-state index < -0.39 is 6.35 Å². The number of pyridine rings is 1. The molecule has 4 aliphatic heterocycles. The molecule has 0 saturated carbocycles. The third-order valence-electron chi connectivity index (χ3n) is 6.00. The van der Waals surface area contributed by atoms with Crippen LogP contribution in [0.3, 0.4) is 0 Å². The molecular weight excluding hydrogens is 387 g/mol. The molecule has 132 valence electrons. The number of hydrogen-bond donors (Lipinski definition) is 1. The standard InChI is InChI=1S/C18H20BrFN4O/c19-14-1-2-15(20)12-7-16(22-8-13(12)14)24-10-18(25-17(24)21)9-23-5-3-11(18)4-6-23/h1-2,7-8,11,17H,3-6,9-10,21H2. The van der Waals surface area contributed by atoms with Crippen LogP contribution in [0, 0.1) is 11.7 Å². The summed E-state index contributed by atoms with van der Waals surface area (Å²) in [6, 6.07) is 4.94. The molecule has 4 fully saturated rings. The molecule has 5 heterocycles. The normalized spacial score (nSPS) is 34.4. The van der Waals surface area contributed by atoms with Gasteiger partial charge in [-0.25, -0.2) is 9.37 Å². The first kappa shape index (κ1) is 15.9. The Morgan fingerprint density at radius 3 is 2.76 bits per heavy atom. The highest BCUT2D eigenvalue weighted by molar-refractivity contribution is 9.10. The summed E-state index contributed by atoms with van der Waals surface area (Å²) in [7, 11) is 0. The van der Waals surface area contributed by atoms with Gasteiger partial charge < -0.3 is 14.5 Å². The zero-order valence-electron chi connectivity index (χ0n) is 13.8. The number of piperidine rings is 3. The molecule has 1 aromatic heterocycles. The topological polar surface area (TPSA) is 54.6 Å². The van der Waals surface area contributed by atoms with Crippen LogP contribution in [0.25, 0.3) is 10.8 Å². The first-order valence-corrected chi connectivity index (χ1v) is 9.51. The van der Waals surface area contributed by atoms with Gasteiger partial charge in [0, 0.05) is 28.0 Å². The maximum absolute atomic E-state index is 14.3. The largest absolute Gasteiger partial charge is 0.335 e. The van der Waals surface area contributed by atoms with Gasteiger partial charge in [0.15, 0.2) is 6.35 Å². The smallest absolute Gasteiger partial charge is 0.186 e. The predicted molar refractivity (Wildman–Crippen MR) is 97.7 cm³/mol. The number of halogens is 2. The summed E-state index contributed by atoms with van der Waals surface area (Å²) in [6.45, 7) is 3.94. The third-order valence-corrected chi connectivity index (χ3v) is 6.69. The zero-order valence-corrected chi connectivity index (χ0v) is 15.4. The van der Waals surface area contributed by atoms with Crippen LogP contribution < -0.4 is 10.6 Å². The molecule has 0 amide bonds. The molecular formula is C18H20BrFN4O. The lowest BCUT2D eigenvalue weighted by atomic mass is 9.75. The number of ether oxygens (including phenoxy) is 1. The Hall–Kier alpha value is -1.28. The average molecular weight is 407 g/mol. The third kappa shape index (κ3) is 2.40. The Labute approximate surface area is 154 Å². The molecule has 4 saturated heterocycles. The summed E-state index contributed by atoms with van der Waals surface area (Å²) in [5, 5.41) is 1.30. The highest BCUT2D eigenvalue weighted by Crippen LogP contribution is 2.43. The quantitative estimate of drug-likeness (QED) is 0.788. The lowest BCUT2D eigenvalue weighted by Gasteiger charge is -2.50. The fourth-order valence-electron chi connectivity index (χ4n) is 4.68. The highest BCUT2D eigenvalue weighted by Gasteiger charge is 2.54. The van der Waals surface area contributed by atoms with Crippen molar-refractivity contribution in [1.82, 2.24) is 9.88 Å². The molecule has 0 radical (unpaired) electrons. The summed E-state index contributed by atoms with van der Waals surface area (Å²) < 4.78 is 21.4. The summed E-state index contributed by atoms with van der Waals surface area (Å²) in [4.78, 5) is 8.97. The van der Waals surface area contributed by atoms with E-state index in [0.717, 1.165) is 42.3 Å². The molecule has 4 aliphatic rings. The van der Waals surface area contributed by atoms with Crippen LogP contribution in [-0.2, 0) is 4.74 Å². The number of anilines is 1. The van der Waals surface area contributed by atoms with Crippen molar-refractivity contribution in [2.45, 2.75) is 24.8 Å². The lowest BCUT2D eigenvalue weighted by molar-refractivity contribution is -0.137. The molecule has 6 rings (SSSR count). The number of benzene rings is 1. The second-order valence-electron chi connectivity index (χ2n) is 7.37. The van der Waals surface area contributed by atoms with Gasteiger partial charge in [0.2, 0.25) is 0 Å². The van der Waals surface area contributed by atoms with Crippen molar-refractivity contribution >= 4 is 32.5 Å². The van der Waals surface area contributed by atoms with Gasteiger partial charge in [-0.2, -0.15) is 0 Å². The Bertz CT molecular complexity index is 841. The molecule has 2 atom stereocenters. The van der Waals surface area contributed by atoms with E-state index in [2.05, 4.69) is 25.8 Å². The number of fused-ring (bicyclic) bond motifs is 3. The fourth-order valence-corrected chi connectivity index (χ4v) is 5.13. The minimum absolute atomic E-state index is 0.220. The Morgan fingerprint density at radius 2 is 2.04 bits per heavy atom. The molecule has 0 aliphatic carbocycles. The van der Waals surface area contributed by atoms with Crippen LogP contribution in [0.1, 0.15) is 12.8 Å². The molecule has 5 nitrogen and oxygen atoms in total. The maximum atomic E-state index is 14.3. The van der Waals surface area contributed by atoms with Crippen molar-refractivity contribution in [2.24, 2.45) is 11.7 Å². The fraction of sp³-hybridized carbons (Fsp3) is 0.500. The second-order valence-corrected chi connectivity index (χ2v) is 8.22. The Balaban J connectivity index is 1.51. The van der Waals surface area contributed by atoms with Crippen molar-refractivity contribution in [3.8, 4) is 0 Å². The summed E-state index contributed by atoms with van der Waals surface area (Å²) >= 11 is 3.46. The van der Waals surface area contributed by atoms with Gasteiger partial charge in [0.05, 0.1) is 6.54 Å². The van der Waals surface area contributed by atoms with Crippen molar-refractivity contribution in [3.05, 3.63) is 34.7 Å². The monoisotopic (exact) mass is 406 g/mol. The van der Waals surface area contributed by atoms with Gasteiger partial charge in [-0.1, -0.05) is 15.9 Å². The van der Waals surface area contributed by atoms with Gasteiger partial charge in [0.25, 0.3) is 0 Å². The van der Waals surface area contributed by atoms with Crippen molar-refractivity contribution < 1.29 is 9.13 Å². The van der Waals surface area contributed by atoms with Crippen LogP contribution in [0.15, 0.2) is 28.9 Å². The SMILES string of the molecule is NC1OC2(CN3CCC2CC3)CN1c1cc2c(F)ccc(Br)c2cn1. The molecule has 1 aromatic carbocycles. The number of aromatic nitrogens is 1. The Morgan fingerprint density at radius 1 is 1.24 bits per heavy atom. The molecule has 2 bridgehead atoms. The van der Waals surface area contributed by atoms with Gasteiger partial charge in [-0.15, -0.1) is 0 Å². The molecule has 7 heteroatoms. The average Bonchev–Trinajstić information content (AvgIpc) is 2.95. The second kappa shape index (κ2) is 5.61. The summed E-state index contributed by atoms with van der Waals surface area (Å²) in [5.41, 5.74) is 6.08. The number of hydrogen-bond acceptors (Lipinski definition) is 5. The van der Waals surface area contributed by atoms with Crippen molar-refractivity contribution in [3.63, 3.8) is 0 Å². The maximum Gasteiger partial charge on any atom is 0.186 e. The van der Waals surface area contributed by atoms with Crippen molar-refractivity contribution in [2.75, 3.05) is 31.1 Å². The van der Waals surface area contributed by atoms with Crippen LogP contribution in [-0.4, -0.2) is 48.0 Å². The first-order chi connectivity index (χ1) is 12.1. The van der Waals surface area contributed by atoms with Crippen LogP contribution in [0.4, 0.5) is 10.2 Å². The van der Waals surface area contributed by atoms with E-state index in [9.17, 15) is 4.39 Å². The van der Waals surface area contributed by atoms with Gasteiger partial charge >= 0.3 is 0 Å². The molecule has 25 heavy (non-hydrogen) atoms. The van der Waals surface area contributed by atoms with E-state index in [1.165, 1.54) is 6.07 Å². The minimum Gasteiger partial charge on any atom is -0.335 e. The molecule has 2 aromatic rings. The van der Waals surface area contributed by atoms with Gasteiger partial charge in [-0.3, -0.25) is 5.73 Å². The summed E-state index contributed by atoms with van der Waals surface area (Å²) in [6.07, 6.45) is 3.48. The molecule has 2 N–H and O–H groups in total. The van der Waals surface area contributed by atoms with Crippen LogP contribution in [0.5, 0.6) is 0 Å². The Kier molecular flexibility index (Phi) is 3.57. The van der Waals surface area contributed by atoms with Crippen LogP contribution >= 0.6 is 15.9 Å². The molecule has 1 spiro atoms. The van der Waals surface area contributed by atoms with Gasteiger partial charge in [-0.05, 0) is 50.0 Å². The number of rotatable bonds is 1. The van der Waals surface area contributed by atoms with Crippen molar-refractivity contribution in [1.29, 1.82) is 0 Å². The first-order valence-electron chi connectivity index (χ1n) is 8.72. The number of nitrogens with two attached hydrogens (primary N) is 1. The van der Waals surface area contributed by atoms with E-state index >= 15 is 0 Å². The van der Waals surface area contributed by atoms with E-state index in [4.69, 9.17) is 10.5 Å².